The van der Waals surface area contributed by atoms with Crippen LogP contribution in [0.3, 0.4) is 0 Å². The number of fused-ring (bicyclic) bond motifs is 1. The third kappa shape index (κ3) is 2.49. The zero-order valence-electron chi connectivity index (χ0n) is 9.66. The molecule has 0 saturated carbocycles. The monoisotopic (exact) mass is 253 g/mol. The molecule has 2 N–H and O–H groups in total. The largest absolute Gasteiger partial charge is 0.480 e. The van der Waals surface area contributed by atoms with Crippen LogP contribution in [0.2, 0.25) is 0 Å². The highest BCUT2D eigenvalue weighted by atomic mass is 32.1. The molecule has 1 aromatic rings. The second-order valence-electron chi connectivity index (χ2n) is 4.29. The number of carboxylic acids is 1. The molecule has 1 aliphatic carbocycles. The van der Waals surface area contributed by atoms with E-state index in [0.717, 1.165) is 24.8 Å². The van der Waals surface area contributed by atoms with Crippen molar-refractivity contribution in [2.45, 2.75) is 38.6 Å². The number of nitrogens with one attached hydrogen (secondary N) is 1. The molecule has 92 valence electrons. The Morgan fingerprint density at radius 3 is 2.82 bits per heavy atom. The van der Waals surface area contributed by atoms with Crippen LogP contribution < -0.4 is 5.32 Å². The lowest BCUT2D eigenvalue weighted by molar-refractivity contribution is -0.138. The maximum absolute atomic E-state index is 11.9. The van der Waals surface area contributed by atoms with E-state index in [0.29, 0.717) is 5.56 Å². The maximum atomic E-state index is 11.9. The molecule has 0 radical (unpaired) electrons. The van der Waals surface area contributed by atoms with Gasteiger partial charge >= 0.3 is 5.97 Å². The van der Waals surface area contributed by atoms with Crippen LogP contribution in [0.4, 0.5) is 0 Å². The van der Waals surface area contributed by atoms with Gasteiger partial charge in [-0.1, -0.05) is 0 Å². The van der Waals surface area contributed by atoms with E-state index >= 15 is 0 Å². The molecule has 4 nitrogen and oxygen atoms in total. The average Bonchev–Trinajstić information content (AvgIpc) is 2.72. The fourth-order valence-corrected chi connectivity index (χ4v) is 3.15. The van der Waals surface area contributed by atoms with Crippen LogP contribution in [-0.2, 0) is 17.6 Å². The number of rotatable bonds is 3. The minimum Gasteiger partial charge on any atom is -0.480 e. The van der Waals surface area contributed by atoms with Gasteiger partial charge in [0.25, 0.3) is 5.91 Å². The number of thiophene rings is 1. The summed E-state index contributed by atoms with van der Waals surface area (Å²) >= 11 is 1.61. The van der Waals surface area contributed by atoms with Gasteiger partial charge in [0, 0.05) is 10.3 Å². The van der Waals surface area contributed by atoms with E-state index in [2.05, 4.69) is 5.32 Å². The second kappa shape index (κ2) is 4.87. The third-order valence-corrected chi connectivity index (χ3v) is 4.11. The molecule has 1 aliphatic rings. The number of carbonyl (C=O) groups is 2. The number of hydrogen-bond donors (Lipinski definition) is 2. The summed E-state index contributed by atoms with van der Waals surface area (Å²) in [4.78, 5) is 23.9. The molecule has 0 aromatic carbocycles. The van der Waals surface area contributed by atoms with Crippen molar-refractivity contribution >= 4 is 23.2 Å². The molecule has 0 aliphatic heterocycles. The number of carboxylic acid groups (broad SMARTS) is 1. The molecule has 17 heavy (non-hydrogen) atoms. The first-order valence-electron chi connectivity index (χ1n) is 5.72. The molecular weight excluding hydrogens is 238 g/mol. The normalized spacial score (nSPS) is 16.1. The van der Waals surface area contributed by atoms with Crippen molar-refractivity contribution in [2.24, 2.45) is 0 Å². The number of carbonyl (C=O) groups excluding carboxylic acids is 1. The molecule has 1 unspecified atom stereocenters. The smallest absolute Gasteiger partial charge is 0.325 e. The van der Waals surface area contributed by atoms with E-state index in [1.807, 2.05) is 5.38 Å². The van der Waals surface area contributed by atoms with Gasteiger partial charge in [-0.05, 0) is 38.2 Å². The van der Waals surface area contributed by atoms with E-state index in [4.69, 9.17) is 5.11 Å². The Kier molecular flexibility index (Phi) is 3.47. The predicted molar refractivity (Wildman–Crippen MR) is 65.5 cm³/mol. The fraction of sp³-hybridized carbons (Fsp3) is 0.500. The van der Waals surface area contributed by atoms with E-state index in [1.165, 1.54) is 18.2 Å². The van der Waals surface area contributed by atoms with Gasteiger partial charge < -0.3 is 10.4 Å². The van der Waals surface area contributed by atoms with Gasteiger partial charge in [-0.2, -0.15) is 0 Å². The average molecular weight is 253 g/mol. The van der Waals surface area contributed by atoms with Gasteiger partial charge in [0.1, 0.15) is 6.04 Å². The van der Waals surface area contributed by atoms with Crippen molar-refractivity contribution in [1.82, 2.24) is 5.32 Å². The predicted octanol–water partition coefficient (Wildman–Crippen LogP) is 1.83. The standard InChI is InChI=1S/C12H15NO3S/c1-7(12(15)16)13-11(14)9-6-17-10-5-3-2-4-8(9)10/h6-7H,2-5H2,1H3,(H,13,14)(H,15,16). The van der Waals surface area contributed by atoms with Crippen LogP contribution in [0.5, 0.6) is 0 Å². The first-order valence-corrected chi connectivity index (χ1v) is 6.60. The van der Waals surface area contributed by atoms with Gasteiger partial charge in [-0.15, -0.1) is 11.3 Å². The van der Waals surface area contributed by atoms with Crippen molar-refractivity contribution in [3.63, 3.8) is 0 Å². The highest BCUT2D eigenvalue weighted by molar-refractivity contribution is 7.10. The first-order chi connectivity index (χ1) is 8.09. The zero-order chi connectivity index (χ0) is 12.4. The van der Waals surface area contributed by atoms with Crippen molar-refractivity contribution in [3.8, 4) is 0 Å². The summed E-state index contributed by atoms with van der Waals surface area (Å²) in [6.45, 7) is 1.47. The molecule has 0 fully saturated rings. The van der Waals surface area contributed by atoms with Gasteiger partial charge in [-0.25, -0.2) is 0 Å². The Bertz CT molecular complexity index is 453. The van der Waals surface area contributed by atoms with E-state index < -0.39 is 12.0 Å². The van der Waals surface area contributed by atoms with Crippen LogP contribution in [0, 0.1) is 0 Å². The summed E-state index contributed by atoms with van der Waals surface area (Å²) < 4.78 is 0. The lowest BCUT2D eigenvalue weighted by atomic mass is 9.95. The fourth-order valence-electron chi connectivity index (χ4n) is 2.02. The maximum Gasteiger partial charge on any atom is 0.325 e. The first kappa shape index (κ1) is 12.1. The number of aryl methyl sites for hydroxylation is 1. The lowest BCUT2D eigenvalue weighted by Gasteiger charge is -2.13. The minimum atomic E-state index is -1.01. The molecule has 1 amide bonds. The lowest BCUT2D eigenvalue weighted by Crippen LogP contribution is -2.38. The highest BCUT2D eigenvalue weighted by Crippen LogP contribution is 2.30. The molecule has 1 aromatic heterocycles. The van der Waals surface area contributed by atoms with Crippen molar-refractivity contribution < 1.29 is 14.7 Å². The van der Waals surface area contributed by atoms with Crippen LogP contribution in [-0.4, -0.2) is 23.0 Å². The van der Waals surface area contributed by atoms with Gasteiger partial charge in [0.15, 0.2) is 0 Å². The number of amides is 1. The molecule has 5 heteroatoms. The van der Waals surface area contributed by atoms with Crippen molar-refractivity contribution in [1.29, 1.82) is 0 Å². The summed E-state index contributed by atoms with van der Waals surface area (Å²) in [6.07, 6.45) is 4.27. The van der Waals surface area contributed by atoms with Crippen LogP contribution in [0.15, 0.2) is 5.38 Å². The molecule has 2 rings (SSSR count). The Labute approximate surface area is 104 Å². The molecule has 1 atom stereocenters. The quantitative estimate of drug-likeness (QED) is 0.863. The van der Waals surface area contributed by atoms with Crippen LogP contribution in [0.1, 0.15) is 40.6 Å². The topological polar surface area (TPSA) is 66.4 Å². The van der Waals surface area contributed by atoms with Crippen molar-refractivity contribution in [2.75, 3.05) is 0 Å². The van der Waals surface area contributed by atoms with E-state index in [9.17, 15) is 9.59 Å². The summed E-state index contributed by atoms with van der Waals surface area (Å²) in [5, 5.41) is 13.1. The molecule has 1 heterocycles. The molecule has 0 saturated heterocycles. The Morgan fingerprint density at radius 2 is 2.12 bits per heavy atom. The SMILES string of the molecule is CC(NC(=O)c1csc2c1CCCC2)C(=O)O. The van der Waals surface area contributed by atoms with Gasteiger partial charge in [0.05, 0.1) is 5.56 Å². The molecule has 0 spiro atoms. The third-order valence-electron chi connectivity index (χ3n) is 3.02. The molecular formula is C12H15NO3S. The van der Waals surface area contributed by atoms with Gasteiger partial charge in [-0.3, -0.25) is 9.59 Å². The Hall–Kier alpha value is -1.36. The summed E-state index contributed by atoms with van der Waals surface area (Å²) in [5.74, 6) is -1.28. The van der Waals surface area contributed by atoms with E-state index in [1.54, 1.807) is 11.3 Å². The summed E-state index contributed by atoms with van der Waals surface area (Å²) in [5.41, 5.74) is 1.79. The minimum absolute atomic E-state index is 0.265. The van der Waals surface area contributed by atoms with Crippen molar-refractivity contribution in [3.05, 3.63) is 21.4 Å². The number of aliphatic carboxylic acids is 1. The highest BCUT2D eigenvalue weighted by Gasteiger charge is 2.22. The number of hydrogen-bond acceptors (Lipinski definition) is 3. The second-order valence-corrected chi connectivity index (χ2v) is 5.26. The summed E-state index contributed by atoms with van der Waals surface area (Å²) in [7, 11) is 0. The van der Waals surface area contributed by atoms with Crippen LogP contribution >= 0.6 is 11.3 Å². The summed E-state index contributed by atoms with van der Waals surface area (Å²) in [6, 6.07) is -0.846. The Balaban J connectivity index is 2.14. The van der Waals surface area contributed by atoms with E-state index in [-0.39, 0.29) is 5.91 Å². The van der Waals surface area contributed by atoms with Gasteiger partial charge in [0.2, 0.25) is 0 Å². The zero-order valence-corrected chi connectivity index (χ0v) is 10.5. The Morgan fingerprint density at radius 1 is 1.41 bits per heavy atom. The van der Waals surface area contributed by atoms with Crippen LogP contribution in [0.25, 0.3) is 0 Å². The molecule has 0 bridgehead atoms.